The van der Waals surface area contributed by atoms with Crippen molar-refractivity contribution in [2.45, 2.75) is 58.3 Å². The minimum absolute atomic E-state index is 0.0784. The van der Waals surface area contributed by atoms with Gasteiger partial charge in [0.25, 0.3) is 0 Å². The first-order chi connectivity index (χ1) is 12.2. The topological polar surface area (TPSA) is 55.4 Å². The summed E-state index contributed by atoms with van der Waals surface area (Å²) in [7, 11) is 0. The van der Waals surface area contributed by atoms with Crippen LogP contribution in [0.4, 0.5) is 0 Å². The van der Waals surface area contributed by atoms with Crippen molar-refractivity contribution in [3.05, 3.63) is 42.0 Å². The smallest absolute Gasteiger partial charge is 0.306 e. The molecule has 138 valence electrons. The van der Waals surface area contributed by atoms with Gasteiger partial charge in [-0.2, -0.15) is 0 Å². The second-order valence-electron chi connectivity index (χ2n) is 6.11. The van der Waals surface area contributed by atoms with Gasteiger partial charge in [0.2, 0.25) is 5.91 Å². The summed E-state index contributed by atoms with van der Waals surface area (Å²) < 4.78 is 5.09. The molecule has 0 bridgehead atoms. The van der Waals surface area contributed by atoms with Gasteiger partial charge in [0.05, 0.1) is 6.42 Å². The quantitative estimate of drug-likeness (QED) is 0.423. The van der Waals surface area contributed by atoms with Gasteiger partial charge in [-0.25, -0.2) is 0 Å². The van der Waals surface area contributed by atoms with Gasteiger partial charge in [0, 0.05) is 13.0 Å². The van der Waals surface area contributed by atoms with Crippen LogP contribution in [0.1, 0.15) is 63.9 Å². The monoisotopic (exact) mass is 345 g/mol. The fraction of sp³-hybridized carbons (Fsp3) is 0.524. The van der Waals surface area contributed by atoms with Crippen LogP contribution in [0, 0.1) is 0 Å². The van der Waals surface area contributed by atoms with Crippen molar-refractivity contribution in [1.29, 1.82) is 0 Å². The van der Waals surface area contributed by atoms with Crippen molar-refractivity contribution in [3.63, 3.8) is 0 Å². The summed E-state index contributed by atoms with van der Waals surface area (Å²) in [4.78, 5) is 23.3. The Morgan fingerprint density at radius 1 is 1.00 bits per heavy atom. The molecule has 0 atom stereocenters. The van der Waals surface area contributed by atoms with Crippen LogP contribution in [0.3, 0.4) is 0 Å². The molecule has 0 aliphatic rings. The van der Waals surface area contributed by atoms with Crippen molar-refractivity contribution in [3.8, 4) is 0 Å². The van der Waals surface area contributed by atoms with Gasteiger partial charge in [-0.05, 0) is 18.1 Å². The van der Waals surface area contributed by atoms with E-state index < -0.39 is 0 Å². The molecule has 0 saturated carbocycles. The summed E-state index contributed by atoms with van der Waals surface area (Å²) in [5, 5.41) is 2.86. The molecule has 4 nitrogen and oxygen atoms in total. The second-order valence-corrected chi connectivity index (χ2v) is 6.11. The summed E-state index contributed by atoms with van der Waals surface area (Å²) in [6.45, 7) is 3.12. The number of unbranched alkanes of at least 4 members (excludes halogenated alkanes) is 5. The summed E-state index contributed by atoms with van der Waals surface area (Å²) >= 11 is 0. The molecular weight excluding hydrogens is 314 g/mol. The molecule has 1 rings (SSSR count). The van der Waals surface area contributed by atoms with Gasteiger partial charge in [-0.1, -0.05) is 75.4 Å². The van der Waals surface area contributed by atoms with Crippen molar-refractivity contribution in [1.82, 2.24) is 5.32 Å². The number of carbonyl (C=O) groups is 2. The van der Waals surface area contributed by atoms with Gasteiger partial charge in [0.1, 0.15) is 6.61 Å². The summed E-state index contributed by atoms with van der Waals surface area (Å²) in [5.74, 6) is -0.419. The molecule has 0 aliphatic carbocycles. The maximum absolute atomic E-state index is 11.7. The highest BCUT2D eigenvalue weighted by molar-refractivity contribution is 5.81. The van der Waals surface area contributed by atoms with Crippen LogP contribution in [0.25, 0.3) is 6.08 Å². The van der Waals surface area contributed by atoms with Crippen LogP contribution in [0.15, 0.2) is 36.4 Å². The Bertz CT molecular complexity index is 511. The van der Waals surface area contributed by atoms with E-state index in [0.717, 1.165) is 18.4 Å². The Labute approximate surface area is 151 Å². The minimum Gasteiger partial charge on any atom is -0.461 e. The van der Waals surface area contributed by atoms with Gasteiger partial charge in [-0.3, -0.25) is 9.59 Å². The molecule has 0 aromatic heterocycles. The maximum atomic E-state index is 11.7. The maximum Gasteiger partial charge on any atom is 0.306 e. The molecule has 0 fully saturated rings. The Hall–Kier alpha value is -2.10. The lowest BCUT2D eigenvalue weighted by Gasteiger charge is -2.05. The lowest BCUT2D eigenvalue weighted by molar-refractivity contribution is -0.143. The summed E-state index contributed by atoms with van der Waals surface area (Å²) in [5.41, 5.74) is 1.06. The molecule has 0 aliphatic heterocycles. The summed E-state index contributed by atoms with van der Waals surface area (Å²) in [6, 6.07) is 9.82. The van der Waals surface area contributed by atoms with Crippen molar-refractivity contribution >= 4 is 18.0 Å². The third kappa shape index (κ3) is 12.0. The van der Waals surface area contributed by atoms with E-state index in [2.05, 4.69) is 12.2 Å². The molecule has 0 radical (unpaired) electrons. The van der Waals surface area contributed by atoms with E-state index in [4.69, 9.17) is 4.74 Å². The SMILES string of the molecule is CCCCCCCCNC(=O)CCC(=O)OCC=Cc1ccccc1. The number of nitrogens with one attached hydrogen (secondary N) is 1. The molecule has 1 aromatic carbocycles. The van der Waals surface area contributed by atoms with Crippen LogP contribution < -0.4 is 5.32 Å². The predicted octanol–water partition coefficient (Wildman–Crippen LogP) is 4.50. The number of carbonyl (C=O) groups excluding carboxylic acids is 2. The van der Waals surface area contributed by atoms with Crippen LogP contribution in [0.5, 0.6) is 0 Å². The first-order valence-corrected chi connectivity index (χ1v) is 9.36. The van der Waals surface area contributed by atoms with E-state index in [9.17, 15) is 9.59 Å². The van der Waals surface area contributed by atoms with Crippen LogP contribution in [-0.2, 0) is 14.3 Å². The molecular formula is C21H31NO3. The van der Waals surface area contributed by atoms with E-state index in [1.54, 1.807) is 6.08 Å². The number of benzene rings is 1. The molecule has 1 amide bonds. The third-order valence-electron chi connectivity index (χ3n) is 3.86. The number of hydrogen-bond acceptors (Lipinski definition) is 3. The molecule has 0 unspecified atom stereocenters. The van der Waals surface area contributed by atoms with Crippen LogP contribution >= 0.6 is 0 Å². The highest BCUT2D eigenvalue weighted by Crippen LogP contribution is 2.04. The molecule has 1 N–H and O–H groups in total. The number of esters is 1. The standard InChI is InChI=1S/C21H31NO3/c1-2-3-4-5-6-10-17-22-20(23)15-16-21(24)25-18-11-14-19-12-8-7-9-13-19/h7-9,11-14H,2-6,10,15-18H2,1H3,(H,22,23). The minimum atomic E-state index is -0.340. The molecule has 4 heteroatoms. The van der Waals surface area contributed by atoms with Gasteiger partial charge < -0.3 is 10.1 Å². The van der Waals surface area contributed by atoms with Crippen LogP contribution in [0.2, 0.25) is 0 Å². The van der Waals surface area contributed by atoms with E-state index in [0.29, 0.717) is 6.54 Å². The van der Waals surface area contributed by atoms with Gasteiger partial charge in [0.15, 0.2) is 0 Å². The highest BCUT2D eigenvalue weighted by atomic mass is 16.5. The van der Waals surface area contributed by atoms with Crippen molar-refractivity contribution < 1.29 is 14.3 Å². The van der Waals surface area contributed by atoms with E-state index in [1.165, 1.54) is 25.7 Å². The van der Waals surface area contributed by atoms with Gasteiger partial charge in [-0.15, -0.1) is 0 Å². The highest BCUT2D eigenvalue weighted by Gasteiger charge is 2.06. The molecule has 0 spiro atoms. The van der Waals surface area contributed by atoms with Crippen molar-refractivity contribution in [2.24, 2.45) is 0 Å². The number of ether oxygens (including phenoxy) is 1. The second kappa shape index (κ2) is 14.3. The van der Waals surface area contributed by atoms with Crippen LogP contribution in [-0.4, -0.2) is 25.0 Å². The van der Waals surface area contributed by atoms with Crippen molar-refractivity contribution in [2.75, 3.05) is 13.2 Å². The fourth-order valence-electron chi connectivity index (χ4n) is 2.40. The number of hydrogen-bond donors (Lipinski definition) is 1. The zero-order chi connectivity index (χ0) is 18.2. The summed E-state index contributed by atoms with van der Waals surface area (Å²) in [6.07, 6.45) is 11.2. The predicted molar refractivity (Wildman–Crippen MR) is 102 cm³/mol. The average Bonchev–Trinajstić information content (AvgIpc) is 2.63. The average molecular weight is 345 g/mol. The largest absolute Gasteiger partial charge is 0.461 e. The van der Waals surface area contributed by atoms with E-state index in [-0.39, 0.29) is 31.3 Å². The Balaban J connectivity index is 2.00. The normalized spacial score (nSPS) is 10.8. The zero-order valence-corrected chi connectivity index (χ0v) is 15.3. The molecule has 0 saturated heterocycles. The molecule has 25 heavy (non-hydrogen) atoms. The Kier molecular flexibility index (Phi) is 11.9. The van der Waals surface area contributed by atoms with E-state index >= 15 is 0 Å². The number of amides is 1. The fourth-order valence-corrected chi connectivity index (χ4v) is 2.40. The Morgan fingerprint density at radius 2 is 1.72 bits per heavy atom. The van der Waals surface area contributed by atoms with E-state index in [1.807, 2.05) is 36.4 Å². The Morgan fingerprint density at radius 3 is 2.48 bits per heavy atom. The lowest BCUT2D eigenvalue weighted by Crippen LogP contribution is -2.25. The number of rotatable bonds is 13. The third-order valence-corrected chi connectivity index (χ3v) is 3.86. The van der Waals surface area contributed by atoms with Gasteiger partial charge >= 0.3 is 5.97 Å². The zero-order valence-electron chi connectivity index (χ0n) is 15.3. The first kappa shape index (κ1) is 20.9. The first-order valence-electron chi connectivity index (χ1n) is 9.36. The molecule has 1 aromatic rings. The molecule has 0 heterocycles. The lowest BCUT2D eigenvalue weighted by atomic mass is 10.1.